The Morgan fingerprint density at radius 3 is 1.93 bits per heavy atom. The zero-order valence-electron chi connectivity index (χ0n) is 33.6. The van der Waals surface area contributed by atoms with Crippen LogP contribution in [0.2, 0.25) is 0 Å². The normalized spacial score (nSPS) is 16.7. The highest BCUT2D eigenvalue weighted by molar-refractivity contribution is 5.91. The van der Waals surface area contributed by atoms with Gasteiger partial charge in [0.25, 0.3) is 5.91 Å². The van der Waals surface area contributed by atoms with Gasteiger partial charge < -0.3 is 44.6 Å². The lowest BCUT2D eigenvalue weighted by molar-refractivity contribution is -0.134. The van der Waals surface area contributed by atoms with Crippen molar-refractivity contribution in [2.75, 3.05) is 41.0 Å². The van der Waals surface area contributed by atoms with Crippen LogP contribution in [0.15, 0.2) is 97.3 Å². The highest BCUT2D eigenvalue weighted by atomic mass is 16.5. The van der Waals surface area contributed by atoms with Gasteiger partial charge in [-0.05, 0) is 71.3 Å². The van der Waals surface area contributed by atoms with Gasteiger partial charge in [-0.15, -0.1) is 0 Å². The summed E-state index contributed by atoms with van der Waals surface area (Å²) in [6.45, 7) is 0.988. The van der Waals surface area contributed by atoms with Crippen molar-refractivity contribution in [2.45, 2.75) is 43.8 Å². The number of nitrogens with zero attached hydrogens (tertiary/aromatic N) is 4. The highest BCUT2D eigenvalue weighted by Gasteiger charge is 2.38. The lowest BCUT2D eigenvalue weighted by Gasteiger charge is -2.29. The predicted octanol–water partition coefficient (Wildman–Crippen LogP) is 7.08. The zero-order valence-corrected chi connectivity index (χ0v) is 33.6. The Hall–Kier alpha value is -7.16. The van der Waals surface area contributed by atoms with Crippen LogP contribution in [0, 0.1) is 0 Å². The number of hydrogen-bond donors (Lipinski definition) is 4. The van der Waals surface area contributed by atoms with E-state index < -0.39 is 18.2 Å². The second-order valence-corrected chi connectivity index (χ2v) is 14.8. The van der Waals surface area contributed by atoms with E-state index in [1.165, 1.54) is 21.3 Å². The fourth-order valence-corrected chi connectivity index (χ4v) is 8.25. The summed E-state index contributed by atoms with van der Waals surface area (Å²) in [5.74, 6) is 1.44. The summed E-state index contributed by atoms with van der Waals surface area (Å²) < 4.78 is 15.0. The first-order valence-electron chi connectivity index (χ1n) is 19.9. The minimum Gasteiger partial charge on any atom is -0.496 e. The molecular formula is C45H46N8O7. The van der Waals surface area contributed by atoms with Gasteiger partial charge in [0, 0.05) is 24.2 Å². The molecule has 2 aliphatic heterocycles. The molecule has 4 N–H and O–H groups in total. The maximum Gasteiger partial charge on any atom is 0.407 e. The first kappa shape index (κ1) is 39.7. The van der Waals surface area contributed by atoms with Crippen molar-refractivity contribution in [2.24, 2.45) is 0 Å². The molecule has 0 radical (unpaired) electrons. The summed E-state index contributed by atoms with van der Waals surface area (Å²) in [5.41, 5.74) is 6.32. The molecule has 6 aromatic rings. The SMILES string of the molecule is COC(=O)NCC(=O)N1CCCC1c1ncc(-c2ccc3cc(-c4ccc(-c5cnc(C6CCCN6C(=O)C(NC(=O)OC)c6ccccc6OC)[nH]5)cc4)ccc3c2)[nH]1. The summed E-state index contributed by atoms with van der Waals surface area (Å²) in [6, 6.07) is 26.6. The fraction of sp³-hybridized carbons (Fsp3) is 0.289. The Kier molecular flexibility index (Phi) is 11.5. The van der Waals surface area contributed by atoms with E-state index in [-0.39, 0.29) is 30.4 Å². The van der Waals surface area contributed by atoms with E-state index in [1.807, 2.05) is 6.07 Å². The summed E-state index contributed by atoms with van der Waals surface area (Å²) in [5, 5.41) is 7.35. The number of aromatic nitrogens is 4. The lowest BCUT2D eigenvalue weighted by Crippen LogP contribution is -2.43. The largest absolute Gasteiger partial charge is 0.496 e. The van der Waals surface area contributed by atoms with Gasteiger partial charge in [0.2, 0.25) is 5.91 Å². The number of amides is 4. The van der Waals surface area contributed by atoms with Crippen molar-refractivity contribution in [1.29, 1.82) is 0 Å². The predicted molar refractivity (Wildman–Crippen MR) is 224 cm³/mol. The molecule has 15 nitrogen and oxygen atoms in total. The van der Waals surface area contributed by atoms with E-state index in [2.05, 4.69) is 91.0 Å². The summed E-state index contributed by atoms with van der Waals surface area (Å²) >= 11 is 0. The lowest BCUT2D eigenvalue weighted by atomic mass is 9.98. The van der Waals surface area contributed by atoms with Crippen molar-refractivity contribution < 1.29 is 33.4 Å². The molecule has 4 amide bonds. The summed E-state index contributed by atoms with van der Waals surface area (Å²) in [6.07, 6.45) is 5.39. The summed E-state index contributed by atoms with van der Waals surface area (Å²) in [4.78, 5) is 70.6. The number of fused-ring (bicyclic) bond motifs is 1. The second-order valence-electron chi connectivity index (χ2n) is 14.8. The third-order valence-corrected chi connectivity index (χ3v) is 11.3. The average molecular weight is 811 g/mol. The van der Waals surface area contributed by atoms with Gasteiger partial charge in [-0.1, -0.05) is 66.7 Å². The third-order valence-electron chi connectivity index (χ3n) is 11.3. The molecule has 0 spiro atoms. The van der Waals surface area contributed by atoms with Crippen LogP contribution < -0.4 is 15.4 Å². The number of rotatable bonds is 11. The number of likely N-dealkylation sites (tertiary alicyclic amines) is 2. The fourth-order valence-electron chi connectivity index (χ4n) is 8.25. The van der Waals surface area contributed by atoms with Gasteiger partial charge in [0.15, 0.2) is 0 Å². The Morgan fingerprint density at radius 1 is 0.700 bits per heavy atom. The molecule has 0 saturated carbocycles. The monoisotopic (exact) mass is 810 g/mol. The van der Waals surface area contributed by atoms with Gasteiger partial charge in [-0.2, -0.15) is 0 Å². The van der Waals surface area contributed by atoms with Gasteiger partial charge in [-0.3, -0.25) is 9.59 Å². The van der Waals surface area contributed by atoms with Crippen LogP contribution in [0.25, 0.3) is 44.4 Å². The van der Waals surface area contributed by atoms with E-state index in [0.29, 0.717) is 30.2 Å². The van der Waals surface area contributed by atoms with Crippen LogP contribution in [0.5, 0.6) is 5.75 Å². The minimum absolute atomic E-state index is 0.128. The van der Waals surface area contributed by atoms with Crippen molar-refractivity contribution >= 4 is 34.8 Å². The Bertz CT molecular complexity index is 2530. The summed E-state index contributed by atoms with van der Waals surface area (Å²) in [7, 11) is 4.06. The van der Waals surface area contributed by atoms with Gasteiger partial charge >= 0.3 is 12.2 Å². The highest BCUT2D eigenvalue weighted by Crippen LogP contribution is 2.37. The van der Waals surface area contributed by atoms with Crippen molar-refractivity contribution in [1.82, 2.24) is 40.4 Å². The van der Waals surface area contributed by atoms with Gasteiger partial charge in [0.05, 0.1) is 57.2 Å². The van der Waals surface area contributed by atoms with E-state index in [1.54, 1.807) is 40.4 Å². The third kappa shape index (κ3) is 8.10. The number of benzene rings is 4. The quantitative estimate of drug-likeness (QED) is 0.106. The molecule has 2 aliphatic rings. The standard InChI is InChI=1S/C45H46N8O7/c1-58-38-11-5-4-8-33(38)40(51-45(57)60-3)43(55)53-21-7-10-37(53)42-46-24-34(49-42)28-14-12-27(13-15-28)29-16-17-31-23-32(19-18-30(31)22-29)35-25-47-41(50-35)36-9-6-20-52(36)39(54)26-48-44(56)59-2/h4-5,8,11-19,22-25,36-37,40H,6-7,9-10,20-21,26H2,1-3H3,(H,46,49)(H,47,50)(H,48,56)(H,51,57). The molecular weight excluding hydrogens is 765 g/mol. The van der Waals surface area contributed by atoms with Gasteiger partial charge in [0.1, 0.15) is 30.0 Å². The van der Waals surface area contributed by atoms with E-state index in [4.69, 9.17) is 14.5 Å². The zero-order chi connectivity index (χ0) is 41.8. The van der Waals surface area contributed by atoms with Crippen LogP contribution in [-0.4, -0.2) is 94.7 Å². The molecule has 15 heteroatoms. The van der Waals surface area contributed by atoms with Crippen LogP contribution in [-0.2, 0) is 19.1 Å². The smallest absolute Gasteiger partial charge is 0.407 e. The molecule has 3 unspecified atom stereocenters. The van der Waals surface area contributed by atoms with Crippen LogP contribution in [0.3, 0.4) is 0 Å². The molecule has 308 valence electrons. The number of hydrogen-bond acceptors (Lipinski definition) is 9. The van der Waals surface area contributed by atoms with E-state index in [9.17, 15) is 19.2 Å². The van der Waals surface area contributed by atoms with E-state index >= 15 is 0 Å². The first-order valence-corrected chi connectivity index (χ1v) is 19.9. The number of nitrogens with one attached hydrogen (secondary N) is 4. The minimum atomic E-state index is -1.00. The average Bonchev–Trinajstić information content (AvgIpc) is 4.14. The maximum atomic E-state index is 14.1. The van der Waals surface area contributed by atoms with Crippen molar-refractivity contribution in [3.8, 4) is 39.4 Å². The first-order chi connectivity index (χ1) is 29.2. The number of aromatic amines is 2. The number of methoxy groups -OCH3 is 3. The number of para-hydroxylation sites is 1. The van der Waals surface area contributed by atoms with Crippen LogP contribution in [0.4, 0.5) is 9.59 Å². The molecule has 4 aromatic carbocycles. The molecule has 60 heavy (non-hydrogen) atoms. The number of carbonyl (C=O) groups excluding carboxylic acids is 4. The molecule has 2 aromatic heterocycles. The number of ether oxygens (including phenoxy) is 3. The molecule has 2 saturated heterocycles. The Morgan fingerprint density at radius 2 is 1.27 bits per heavy atom. The van der Waals surface area contributed by atoms with Crippen molar-refractivity contribution in [3.05, 3.63) is 115 Å². The number of H-pyrrole nitrogens is 2. The second kappa shape index (κ2) is 17.4. The molecule has 2 fully saturated rings. The van der Waals surface area contributed by atoms with Crippen molar-refractivity contribution in [3.63, 3.8) is 0 Å². The molecule has 0 bridgehead atoms. The molecule has 8 rings (SSSR count). The number of imidazole rings is 2. The Labute approximate surface area is 346 Å². The van der Waals surface area contributed by atoms with Gasteiger partial charge in [-0.25, -0.2) is 19.6 Å². The van der Waals surface area contributed by atoms with E-state index in [0.717, 1.165) is 75.9 Å². The van der Waals surface area contributed by atoms with Crippen LogP contribution in [0.1, 0.15) is 61.0 Å². The topological polar surface area (TPSA) is 184 Å². The molecule has 4 heterocycles. The Balaban J connectivity index is 0.944. The molecule has 0 aliphatic carbocycles. The maximum absolute atomic E-state index is 14.1. The van der Waals surface area contributed by atoms with Crippen LogP contribution >= 0.6 is 0 Å². The number of carbonyl (C=O) groups is 4. The molecule has 3 atom stereocenters. The number of alkyl carbamates (subject to hydrolysis) is 2.